The van der Waals surface area contributed by atoms with Crippen molar-refractivity contribution in [1.29, 1.82) is 0 Å². The molecule has 0 bridgehead atoms. The predicted molar refractivity (Wildman–Crippen MR) is 113 cm³/mol. The summed E-state index contributed by atoms with van der Waals surface area (Å²) >= 11 is 7.16. The van der Waals surface area contributed by atoms with Gasteiger partial charge in [0, 0.05) is 17.1 Å². The number of amides is 1. The molecule has 0 aliphatic carbocycles. The number of hydrogen-bond donors (Lipinski definition) is 2. The molecule has 6 nitrogen and oxygen atoms in total. The average molecular weight is 415 g/mol. The Hall–Kier alpha value is -2.77. The standard InChI is InChI=1S/C20H19ClN4O2S/c1-3-10-25-19(14-6-4-13(2)5-7-14)23-24-20(25)28-12-18(27)22-16-11-15(21)8-9-17(16)26/h3-9,11,26H,1,10,12H2,2H3,(H,22,27). The van der Waals surface area contributed by atoms with E-state index < -0.39 is 0 Å². The number of halogens is 1. The molecule has 1 amide bonds. The van der Waals surface area contributed by atoms with E-state index in [2.05, 4.69) is 22.1 Å². The van der Waals surface area contributed by atoms with Crippen molar-refractivity contribution in [3.05, 3.63) is 65.7 Å². The van der Waals surface area contributed by atoms with E-state index in [-0.39, 0.29) is 23.1 Å². The van der Waals surface area contributed by atoms with E-state index in [0.29, 0.717) is 16.7 Å². The fourth-order valence-corrected chi connectivity index (χ4v) is 3.45. The van der Waals surface area contributed by atoms with E-state index in [1.165, 1.54) is 23.9 Å². The number of nitrogens with zero attached hydrogens (tertiary/aromatic N) is 3. The number of carbonyl (C=O) groups is 1. The van der Waals surface area contributed by atoms with E-state index in [1.54, 1.807) is 12.1 Å². The zero-order valence-electron chi connectivity index (χ0n) is 15.2. The van der Waals surface area contributed by atoms with Gasteiger partial charge in [-0.15, -0.1) is 16.8 Å². The summed E-state index contributed by atoms with van der Waals surface area (Å²) in [4.78, 5) is 12.3. The lowest BCUT2D eigenvalue weighted by molar-refractivity contribution is -0.113. The second-order valence-electron chi connectivity index (χ2n) is 6.07. The molecule has 0 saturated heterocycles. The first-order valence-corrected chi connectivity index (χ1v) is 9.86. The maximum atomic E-state index is 12.3. The van der Waals surface area contributed by atoms with E-state index in [0.717, 1.165) is 17.0 Å². The molecule has 0 fully saturated rings. The number of anilines is 1. The van der Waals surface area contributed by atoms with Gasteiger partial charge in [-0.05, 0) is 25.1 Å². The monoisotopic (exact) mass is 414 g/mol. The molecule has 8 heteroatoms. The van der Waals surface area contributed by atoms with Gasteiger partial charge >= 0.3 is 0 Å². The van der Waals surface area contributed by atoms with Crippen molar-refractivity contribution in [2.24, 2.45) is 0 Å². The molecule has 0 spiro atoms. The number of aromatic hydroxyl groups is 1. The molecule has 0 aliphatic heterocycles. The highest BCUT2D eigenvalue weighted by Gasteiger charge is 2.15. The molecule has 1 aromatic heterocycles. The Morgan fingerprint density at radius 2 is 2.04 bits per heavy atom. The van der Waals surface area contributed by atoms with Gasteiger partial charge < -0.3 is 10.4 Å². The largest absolute Gasteiger partial charge is 0.506 e. The molecular weight excluding hydrogens is 396 g/mol. The molecule has 1 heterocycles. The molecular formula is C20H19ClN4O2S. The Morgan fingerprint density at radius 3 is 2.75 bits per heavy atom. The minimum absolute atomic E-state index is 0.0424. The zero-order chi connectivity index (χ0) is 20.1. The van der Waals surface area contributed by atoms with Crippen LogP contribution in [0.1, 0.15) is 5.56 Å². The summed E-state index contributed by atoms with van der Waals surface area (Å²) in [6, 6.07) is 12.5. The van der Waals surface area contributed by atoms with E-state index in [9.17, 15) is 9.90 Å². The SMILES string of the molecule is C=CCn1c(SCC(=O)Nc2cc(Cl)ccc2O)nnc1-c1ccc(C)cc1. The second-order valence-corrected chi connectivity index (χ2v) is 7.45. The molecule has 3 rings (SSSR count). The van der Waals surface area contributed by atoms with Crippen LogP contribution in [0.2, 0.25) is 5.02 Å². The van der Waals surface area contributed by atoms with Gasteiger partial charge in [-0.1, -0.05) is 59.3 Å². The van der Waals surface area contributed by atoms with Crippen molar-refractivity contribution in [1.82, 2.24) is 14.8 Å². The second kappa shape index (κ2) is 8.95. The minimum Gasteiger partial charge on any atom is -0.506 e. The number of benzene rings is 2. The van der Waals surface area contributed by atoms with Crippen LogP contribution in [0.25, 0.3) is 11.4 Å². The van der Waals surface area contributed by atoms with Gasteiger partial charge in [-0.25, -0.2) is 0 Å². The fourth-order valence-electron chi connectivity index (χ4n) is 2.53. The van der Waals surface area contributed by atoms with Crippen LogP contribution in [-0.2, 0) is 11.3 Å². The first kappa shape index (κ1) is 20.0. The Bertz CT molecular complexity index is 1000. The number of thioether (sulfide) groups is 1. The van der Waals surface area contributed by atoms with E-state index in [1.807, 2.05) is 35.8 Å². The summed E-state index contributed by atoms with van der Waals surface area (Å²) in [6.07, 6.45) is 1.76. The Morgan fingerprint density at radius 1 is 1.29 bits per heavy atom. The van der Waals surface area contributed by atoms with Gasteiger partial charge in [0.05, 0.1) is 11.4 Å². The van der Waals surface area contributed by atoms with Gasteiger partial charge in [-0.3, -0.25) is 9.36 Å². The van der Waals surface area contributed by atoms with Crippen LogP contribution in [0, 0.1) is 6.92 Å². The van der Waals surface area contributed by atoms with Crippen LogP contribution >= 0.6 is 23.4 Å². The van der Waals surface area contributed by atoms with Gasteiger partial charge in [0.25, 0.3) is 0 Å². The smallest absolute Gasteiger partial charge is 0.234 e. The number of nitrogens with one attached hydrogen (secondary N) is 1. The van der Waals surface area contributed by atoms with Crippen molar-refractivity contribution in [3.8, 4) is 17.1 Å². The van der Waals surface area contributed by atoms with E-state index >= 15 is 0 Å². The highest BCUT2D eigenvalue weighted by Crippen LogP contribution is 2.28. The molecule has 2 N–H and O–H groups in total. The topological polar surface area (TPSA) is 80.0 Å². The number of phenols is 1. The van der Waals surface area contributed by atoms with E-state index in [4.69, 9.17) is 11.6 Å². The van der Waals surface area contributed by atoms with Gasteiger partial charge in [0.2, 0.25) is 5.91 Å². The Balaban J connectivity index is 1.73. The lowest BCUT2D eigenvalue weighted by Crippen LogP contribution is -2.14. The highest BCUT2D eigenvalue weighted by molar-refractivity contribution is 7.99. The molecule has 28 heavy (non-hydrogen) atoms. The fraction of sp³-hybridized carbons (Fsp3) is 0.150. The van der Waals surface area contributed by atoms with Gasteiger partial charge in [-0.2, -0.15) is 0 Å². The normalized spacial score (nSPS) is 10.6. The molecule has 144 valence electrons. The summed E-state index contributed by atoms with van der Waals surface area (Å²) < 4.78 is 1.91. The third-order valence-electron chi connectivity index (χ3n) is 3.90. The van der Waals surface area contributed by atoms with Crippen LogP contribution in [0.3, 0.4) is 0 Å². The molecule has 2 aromatic carbocycles. The van der Waals surface area contributed by atoms with Crippen molar-refractivity contribution in [3.63, 3.8) is 0 Å². The molecule has 0 aliphatic rings. The van der Waals surface area contributed by atoms with Gasteiger partial charge in [0.15, 0.2) is 11.0 Å². The average Bonchev–Trinajstić information content (AvgIpc) is 3.07. The van der Waals surface area contributed by atoms with Crippen LogP contribution in [0.4, 0.5) is 5.69 Å². The number of carbonyl (C=O) groups excluding carboxylic acids is 1. The maximum absolute atomic E-state index is 12.3. The van der Waals surface area contributed by atoms with Crippen molar-refractivity contribution in [2.75, 3.05) is 11.1 Å². The first-order valence-electron chi connectivity index (χ1n) is 8.50. The third kappa shape index (κ3) is 4.74. The molecule has 0 atom stereocenters. The summed E-state index contributed by atoms with van der Waals surface area (Å²) in [7, 11) is 0. The van der Waals surface area contributed by atoms with Gasteiger partial charge in [0.1, 0.15) is 5.75 Å². The third-order valence-corrected chi connectivity index (χ3v) is 5.11. The van der Waals surface area contributed by atoms with Crippen molar-refractivity contribution in [2.45, 2.75) is 18.6 Å². The zero-order valence-corrected chi connectivity index (χ0v) is 16.8. The summed E-state index contributed by atoms with van der Waals surface area (Å²) in [6.45, 7) is 6.34. The molecule has 0 unspecified atom stereocenters. The molecule has 0 radical (unpaired) electrons. The van der Waals surface area contributed by atoms with Crippen LogP contribution in [0.15, 0.2) is 60.3 Å². The number of aromatic nitrogens is 3. The molecule has 3 aromatic rings. The number of rotatable bonds is 7. The summed E-state index contributed by atoms with van der Waals surface area (Å²) in [5.74, 6) is 0.497. The van der Waals surface area contributed by atoms with Crippen LogP contribution < -0.4 is 5.32 Å². The molecule has 0 saturated carbocycles. The van der Waals surface area contributed by atoms with Crippen LogP contribution in [-0.4, -0.2) is 31.5 Å². The number of aryl methyl sites for hydroxylation is 1. The quantitative estimate of drug-likeness (QED) is 0.337. The summed E-state index contributed by atoms with van der Waals surface area (Å²) in [5, 5.41) is 22.0. The highest BCUT2D eigenvalue weighted by atomic mass is 35.5. The Labute approximate surface area is 172 Å². The maximum Gasteiger partial charge on any atom is 0.234 e. The van der Waals surface area contributed by atoms with Crippen molar-refractivity contribution >= 4 is 35.0 Å². The number of allylic oxidation sites excluding steroid dienone is 1. The summed E-state index contributed by atoms with van der Waals surface area (Å²) in [5.41, 5.74) is 2.38. The predicted octanol–water partition coefficient (Wildman–Crippen LogP) is 4.53. The van der Waals surface area contributed by atoms with Crippen LogP contribution in [0.5, 0.6) is 5.75 Å². The van der Waals surface area contributed by atoms with Crippen molar-refractivity contribution < 1.29 is 9.90 Å². The number of phenolic OH excluding ortho intramolecular Hbond substituents is 1. The minimum atomic E-state index is -0.285. The Kier molecular flexibility index (Phi) is 6.38. The lowest BCUT2D eigenvalue weighted by Gasteiger charge is -2.09. The number of hydrogen-bond acceptors (Lipinski definition) is 5. The first-order chi connectivity index (χ1) is 13.5. The lowest BCUT2D eigenvalue weighted by atomic mass is 10.1.